The monoisotopic (exact) mass is 259 g/mol. The van der Waals surface area contributed by atoms with Gasteiger partial charge in [-0.25, -0.2) is 0 Å². The zero-order valence-corrected chi connectivity index (χ0v) is 11.2. The van der Waals surface area contributed by atoms with Crippen molar-refractivity contribution in [2.24, 2.45) is 0 Å². The molecule has 1 saturated carbocycles. The third-order valence-electron chi connectivity index (χ3n) is 4.23. The minimum atomic E-state index is -0.0353. The van der Waals surface area contributed by atoms with Gasteiger partial charge in [0, 0.05) is 11.6 Å². The Morgan fingerprint density at radius 2 is 1.89 bits per heavy atom. The van der Waals surface area contributed by atoms with Gasteiger partial charge in [0.15, 0.2) is 0 Å². The summed E-state index contributed by atoms with van der Waals surface area (Å²) in [5.41, 5.74) is 1.04. The Hall–Kier alpha value is -1.51. The number of hydrogen-bond donors (Lipinski definition) is 1. The summed E-state index contributed by atoms with van der Waals surface area (Å²) < 4.78 is 5.61. The first kappa shape index (κ1) is 12.5. The highest BCUT2D eigenvalue weighted by Gasteiger charge is 2.28. The second-order valence-corrected chi connectivity index (χ2v) is 5.57. The van der Waals surface area contributed by atoms with Crippen LogP contribution in [0.2, 0.25) is 0 Å². The molecular formula is C16H21NO2. The summed E-state index contributed by atoms with van der Waals surface area (Å²) in [7, 11) is 0. The Kier molecular flexibility index (Phi) is 3.72. The summed E-state index contributed by atoms with van der Waals surface area (Å²) in [4.78, 5) is 12.5. The van der Waals surface area contributed by atoms with Crippen molar-refractivity contribution in [1.29, 1.82) is 0 Å². The molecule has 0 bridgehead atoms. The molecule has 0 saturated heterocycles. The van der Waals surface area contributed by atoms with Crippen molar-refractivity contribution < 1.29 is 9.53 Å². The van der Waals surface area contributed by atoms with Crippen molar-refractivity contribution in [2.75, 3.05) is 6.61 Å². The van der Waals surface area contributed by atoms with Gasteiger partial charge in [0.05, 0.1) is 12.5 Å². The molecule has 1 N–H and O–H groups in total. The van der Waals surface area contributed by atoms with Crippen LogP contribution in [0.25, 0.3) is 0 Å². The number of benzene rings is 1. The van der Waals surface area contributed by atoms with Crippen molar-refractivity contribution in [1.82, 2.24) is 5.32 Å². The van der Waals surface area contributed by atoms with Crippen LogP contribution in [0.15, 0.2) is 24.3 Å². The fourth-order valence-corrected chi connectivity index (χ4v) is 3.16. The van der Waals surface area contributed by atoms with Crippen molar-refractivity contribution in [3.8, 4) is 5.75 Å². The van der Waals surface area contributed by atoms with E-state index in [1.807, 2.05) is 24.3 Å². The number of amides is 1. The molecule has 1 atom stereocenters. The molecule has 1 aromatic rings. The van der Waals surface area contributed by atoms with E-state index in [-0.39, 0.29) is 11.8 Å². The number of carbonyl (C=O) groups is 1. The molecule has 3 nitrogen and oxygen atoms in total. The van der Waals surface area contributed by atoms with Crippen molar-refractivity contribution in [3.05, 3.63) is 29.8 Å². The normalized spacial score (nSPS) is 23.3. The molecule has 102 valence electrons. The van der Waals surface area contributed by atoms with E-state index in [1.54, 1.807) is 0 Å². The van der Waals surface area contributed by atoms with E-state index in [2.05, 4.69) is 5.32 Å². The molecule has 0 aromatic heterocycles. The van der Waals surface area contributed by atoms with Crippen LogP contribution in [0.3, 0.4) is 0 Å². The molecule has 1 unspecified atom stereocenters. The second kappa shape index (κ2) is 5.64. The fourth-order valence-electron chi connectivity index (χ4n) is 3.16. The third kappa shape index (κ3) is 2.75. The Morgan fingerprint density at radius 1 is 1.11 bits per heavy atom. The van der Waals surface area contributed by atoms with Crippen LogP contribution in [0, 0.1) is 0 Å². The van der Waals surface area contributed by atoms with Gasteiger partial charge in [-0.3, -0.25) is 4.79 Å². The molecule has 2 aliphatic rings. The minimum absolute atomic E-state index is 0.0353. The lowest BCUT2D eigenvalue weighted by Gasteiger charge is -2.28. The number of rotatable bonds is 2. The van der Waals surface area contributed by atoms with Crippen LogP contribution in [-0.2, 0) is 4.79 Å². The van der Waals surface area contributed by atoms with E-state index in [1.165, 1.54) is 19.3 Å². The maximum absolute atomic E-state index is 12.5. The van der Waals surface area contributed by atoms with Crippen LogP contribution < -0.4 is 10.1 Å². The van der Waals surface area contributed by atoms with Gasteiger partial charge in [0.2, 0.25) is 5.91 Å². The molecule has 1 heterocycles. The van der Waals surface area contributed by atoms with E-state index in [4.69, 9.17) is 4.74 Å². The largest absolute Gasteiger partial charge is 0.493 e. The maximum atomic E-state index is 12.5. The molecule has 0 radical (unpaired) electrons. The average molecular weight is 259 g/mol. The Morgan fingerprint density at radius 3 is 2.74 bits per heavy atom. The molecule has 3 heteroatoms. The average Bonchev–Trinajstić information content (AvgIpc) is 2.47. The number of ether oxygens (including phenoxy) is 1. The predicted molar refractivity (Wildman–Crippen MR) is 74.3 cm³/mol. The number of fused-ring (bicyclic) bond motifs is 1. The Labute approximate surface area is 114 Å². The van der Waals surface area contributed by atoms with E-state index in [0.29, 0.717) is 12.6 Å². The Balaban J connectivity index is 1.70. The SMILES string of the molecule is O=C(NC1CCCCC1)C1CCOc2ccccc21. The smallest absolute Gasteiger partial charge is 0.228 e. The minimum Gasteiger partial charge on any atom is -0.493 e. The van der Waals surface area contributed by atoms with Gasteiger partial charge in [-0.2, -0.15) is 0 Å². The third-order valence-corrected chi connectivity index (χ3v) is 4.23. The van der Waals surface area contributed by atoms with Crippen LogP contribution in [-0.4, -0.2) is 18.6 Å². The van der Waals surface area contributed by atoms with E-state index in [0.717, 1.165) is 30.6 Å². The van der Waals surface area contributed by atoms with Gasteiger partial charge >= 0.3 is 0 Å². The quantitative estimate of drug-likeness (QED) is 0.886. The molecule has 1 aliphatic carbocycles. The number of para-hydroxylation sites is 1. The molecule has 1 fully saturated rings. The van der Waals surface area contributed by atoms with Gasteiger partial charge in [-0.05, 0) is 25.3 Å². The summed E-state index contributed by atoms with van der Waals surface area (Å²) in [6, 6.07) is 8.29. The maximum Gasteiger partial charge on any atom is 0.228 e. The molecule has 3 rings (SSSR count). The van der Waals surface area contributed by atoms with E-state index < -0.39 is 0 Å². The summed E-state index contributed by atoms with van der Waals surface area (Å²) in [6.45, 7) is 0.639. The standard InChI is InChI=1S/C16H21NO2/c18-16(17-12-6-2-1-3-7-12)14-10-11-19-15-9-5-4-8-13(14)15/h4-5,8-9,12,14H,1-3,6-7,10-11H2,(H,17,18). The highest BCUT2D eigenvalue weighted by Crippen LogP contribution is 2.33. The van der Waals surface area contributed by atoms with Crippen molar-refractivity contribution >= 4 is 5.91 Å². The Bertz CT molecular complexity index is 452. The van der Waals surface area contributed by atoms with Crippen LogP contribution in [0.4, 0.5) is 0 Å². The van der Waals surface area contributed by atoms with Gasteiger partial charge in [0.1, 0.15) is 5.75 Å². The molecule has 1 aromatic carbocycles. The van der Waals surface area contributed by atoms with Crippen LogP contribution in [0.1, 0.15) is 50.0 Å². The molecular weight excluding hydrogens is 238 g/mol. The second-order valence-electron chi connectivity index (χ2n) is 5.57. The van der Waals surface area contributed by atoms with Gasteiger partial charge in [-0.15, -0.1) is 0 Å². The molecule has 0 spiro atoms. The zero-order valence-electron chi connectivity index (χ0n) is 11.2. The first-order valence-corrected chi connectivity index (χ1v) is 7.37. The first-order chi connectivity index (χ1) is 9.34. The molecule has 19 heavy (non-hydrogen) atoms. The van der Waals surface area contributed by atoms with E-state index in [9.17, 15) is 4.79 Å². The highest BCUT2D eigenvalue weighted by molar-refractivity contribution is 5.85. The topological polar surface area (TPSA) is 38.3 Å². The lowest BCUT2D eigenvalue weighted by molar-refractivity contribution is -0.124. The van der Waals surface area contributed by atoms with Crippen LogP contribution >= 0.6 is 0 Å². The summed E-state index contributed by atoms with van der Waals surface area (Å²) >= 11 is 0. The van der Waals surface area contributed by atoms with Crippen LogP contribution in [0.5, 0.6) is 5.75 Å². The zero-order chi connectivity index (χ0) is 13.1. The highest BCUT2D eigenvalue weighted by atomic mass is 16.5. The van der Waals surface area contributed by atoms with E-state index >= 15 is 0 Å². The number of nitrogens with one attached hydrogen (secondary N) is 1. The summed E-state index contributed by atoms with van der Waals surface area (Å²) in [6.07, 6.45) is 6.86. The summed E-state index contributed by atoms with van der Waals surface area (Å²) in [5, 5.41) is 3.23. The lowest BCUT2D eigenvalue weighted by atomic mass is 9.90. The molecule has 1 aliphatic heterocycles. The first-order valence-electron chi connectivity index (χ1n) is 7.37. The summed E-state index contributed by atoms with van der Waals surface area (Å²) in [5.74, 6) is 1.02. The van der Waals surface area contributed by atoms with Gasteiger partial charge < -0.3 is 10.1 Å². The lowest BCUT2D eigenvalue weighted by Crippen LogP contribution is -2.40. The number of carbonyl (C=O) groups excluding carboxylic acids is 1. The van der Waals surface area contributed by atoms with Crippen molar-refractivity contribution in [3.63, 3.8) is 0 Å². The fraction of sp³-hybridized carbons (Fsp3) is 0.562. The van der Waals surface area contributed by atoms with Crippen molar-refractivity contribution in [2.45, 2.75) is 50.5 Å². The number of hydrogen-bond acceptors (Lipinski definition) is 2. The molecule has 1 amide bonds. The van der Waals surface area contributed by atoms with Gasteiger partial charge in [-0.1, -0.05) is 37.5 Å². The van der Waals surface area contributed by atoms with Gasteiger partial charge in [0.25, 0.3) is 0 Å². The predicted octanol–water partition coefficient (Wildman–Crippen LogP) is 3.00.